The third kappa shape index (κ3) is 5.66. The van der Waals surface area contributed by atoms with Gasteiger partial charge >= 0.3 is 0 Å². The fourth-order valence-electron chi connectivity index (χ4n) is 2.54. The summed E-state index contributed by atoms with van der Waals surface area (Å²) in [6.45, 7) is 6.83. The minimum absolute atomic E-state index is 0.549. The molecule has 1 aromatic rings. The number of aliphatic imine (C=N–C) groups is 1. The highest BCUT2D eigenvalue weighted by Gasteiger charge is 2.16. The van der Waals surface area contributed by atoms with Gasteiger partial charge < -0.3 is 20.5 Å². The molecular formula is C18H29N3O2. The topological polar surface area (TPSA) is 68.9 Å². The second kappa shape index (κ2) is 9.28. The Morgan fingerprint density at radius 3 is 2.61 bits per heavy atom. The number of nitrogens with one attached hydrogen (secondary N) is 1. The van der Waals surface area contributed by atoms with Crippen LogP contribution in [0.3, 0.4) is 0 Å². The number of hydrogen-bond donors (Lipinski definition) is 2. The monoisotopic (exact) mass is 319 g/mol. The van der Waals surface area contributed by atoms with Crippen molar-refractivity contribution >= 4 is 5.96 Å². The lowest BCUT2D eigenvalue weighted by molar-refractivity contribution is 0.287. The number of rotatable bonds is 9. The van der Waals surface area contributed by atoms with E-state index in [2.05, 4.69) is 16.4 Å². The van der Waals surface area contributed by atoms with Crippen molar-refractivity contribution in [1.82, 2.24) is 5.32 Å². The summed E-state index contributed by atoms with van der Waals surface area (Å²) in [6.07, 6.45) is 4.80. The first-order chi connectivity index (χ1) is 11.2. The maximum Gasteiger partial charge on any atom is 0.188 e. The third-order valence-electron chi connectivity index (χ3n) is 4.07. The van der Waals surface area contributed by atoms with Crippen molar-refractivity contribution in [2.75, 3.05) is 26.3 Å². The Morgan fingerprint density at radius 1 is 1.22 bits per heavy atom. The van der Waals surface area contributed by atoms with Gasteiger partial charge in [-0.1, -0.05) is 12.5 Å². The normalized spacial score (nSPS) is 15.1. The summed E-state index contributed by atoms with van der Waals surface area (Å²) in [5.41, 5.74) is 7.09. The predicted molar refractivity (Wildman–Crippen MR) is 94.3 cm³/mol. The van der Waals surface area contributed by atoms with E-state index in [0.717, 1.165) is 36.9 Å². The molecule has 1 aliphatic rings. The zero-order valence-electron chi connectivity index (χ0n) is 14.3. The SMILES string of the molecule is CCOc1ccc(CCNC(N)=NCC2CCC2)cc1OCC. The predicted octanol–water partition coefficient (Wildman–Crippen LogP) is 2.73. The van der Waals surface area contributed by atoms with Crippen molar-refractivity contribution in [2.45, 2.75) is 39.5 Å². The molecule has 0 aliphatic heterocycles. The van der Waals surface area contributed by atoms with E-state index in [1.54, 1.807) is 0 Å². The smallest absolute Gasteiger partial charge is 0.188 e. The highest BCUT2D eigenvalue weighted by atomic mass is 16.5. The standard InChI is InChI=1S/C18H29N3O2/c1-3-22-16-9-8-14(12-17(16)23-4-2)10-11-20-18(19)21-13-15-6-5-7-15/h8-9,12,15H,3-7,10-11,13H2,1-2H3,(H3,19,20,21). The van der Waals surface area contributed by atoms with Gasteiger partial charge in [-0.3, -0.25) is 4.99 Å². The molecule has 1 aliphatic carbocycles. The summed E-state index contributed by atoms with van der Waals surface area (Å²) >= 11 is 0. The van der Waals surface area contributed by atoms with Crippen LogP contribution in [0.25, 0.3) is 0 Å². The van der Waals surface area contributed by atoms with E-state index in [1.165, 1.54) is 24.8 Å². The van der Waals surface area contributed by atoms with Crippen LogP contribution >= 0.6 is 0 Å². The van der Waals surface area contributed by atoms with E-state index in [0.29, 0.717) is 19.2 Å². The van der Waals surface area contributed by atoms with Crippen LogP contribution in [0, 0.1) is 5.92 Å². The van der Waals surface area contributed by atoms with Gasteiger partial charge in [0, 0.05) is 13.1 Å². The molecule has 5 heteroatoms. The first kappa shape index (κ1) is 17.4. The quantitative estimate of drug-likeness (QED) is 0.542. The lowest BCUT2D eigenvalue weighted by atomic mass is 9.86. The molecule has 0 saturated heterocycles. The van der Waals surface area contributed by atoms with Crippen molar-refractivity contribution in [3.8, 4) is 11.5 Å². The first-order valence-electron chi connectivity index (χ1n) is 8.65. The molecule has 1 aromatic carbocycles. The van der Waals surface area contributed by atoms with Gasteiger partial charge in [0.2, 0.25) is 0 Å². The molecule has 1 saturated carbocycles. The number of benzene rings is 1. The Balaban J connectivity index is 1.80. The van der Waals surface area contributed by atoms with Crippen LogP contribution < -0.4 is 20.5 Å². The van der Waals surface area contributed by atoms with Crippen LogP contribution in [-0.4, -0.2) is 32.3 Å². The van der Waals surface area contributed by atoms with Crippen LogP contribution in [0.5, 0.6) is 11.5 Å². The lowest BCUT2D eigenvalue weighted by Crippen LogP contribution is -2.34. The fraction of sp³-hybridized carbons (Fsp3) is 0.611. The number of hydrogen-bond acceptors (Lipinski definition) is 3. The Hall–Kier alpha value is -1.91. The van der Waals surface area contributed by atoms with Crippen molar-refractivity contribution in [2.24, 2.45) is 16.6 Å². The molecule has 0 amide bonds. The number of ether oxygens (including phenoxy) is 2. The number of nitrogens with zero attached hydrogens (tertiary/aromatic N) is 1. The molecule has 0 heterocycles. The molecule has 0 spiro atoms. The second-order valence-electron chi connectivity index (χ2n) is 5.85. The average Bonchev–Trinajstić information content (AvgIpc) is 2.49. The summed E-state index contributed by atoms with van der Waals surface area (Å²) in [5, 5.41) is 3.18. The van der Waals surface area contributed by atoms with Crippen LogP contribution in [0.2, 0.25) is 0 Å². The Bertz CT molecular complexity index is 513. The van der Waals surface area contributed by atoms with Crippen LogP contribution in [-0.2, 0) is 6.42 Å². The van der Waals surface area contributed by atoms with Gasteiger partial charge in [0.25, 0.3) is 0 Å². The number of nitrogens with two attached hydrogens (primary N) is 1. The second-order valence-corrected chi connectivity index (χ2v) is 5.85. The Kier molecular flexibility index (Phi) is 7.04. The van der Waals surface area contributed by atoms with E-state index in [1.807, 2.05) is 26.0 Å². The molecule has 0 unspecified atom stereocenters. The third-order valence-corrected chi connectivity index (χ3v) is 4.07. The van der Waals surface area contributed by atoms with Gasteiger partial charge in [-0.05, 0) is 56.7 Å². The molecule has 0 atom stereocenters. The van der Waals surface area contributed by atoms with Gasteiger partial charge in [-0.2, -0.15) is 0 Å². The van der Waals surface area contributed by atoms with Crippen molar-refractivity contribution in [3.63, 3.8) is 0 Å². The van der Waals surface area contributed by atoms with E-state index in [4.69, 9.17) is 15.2 Å². The van der Waals surface area contributed by atoms with Crippen LogP contribution in [0.4, 0.5) is 0 Å². The maximum absolute atomic E-state index is 5.90. The zero-order chi connectivity index (χ0) is 16.5. The van der Waals surface area contributed by atoms with Gasteiger partial charge in [0.1, 0.15) is 0 Å². The largest absolute Gasteiger partial charge is 0.490 e. The van der Waals surface area contributed by atoms with Crippen molar-refractivity contribution in [1.29, 1.82) is 0 Å². The zero-order valence-corrected chi connectivity index (χ0v) is 14.3. The molecule has 0 radical (unpaired) electrons. The summed E-state index contributed by atoms with van der Waals surface area (Å²) in [6, 6.07) is 6.08. The summed E-state index contributed by atoms with van der Waals surface area (Å²) < 4.78 is 11.2. The highest BCUT2D eigenvalue weighted by Crippen LogP contribution is 2.28. The molecular weight excluding hydrogens is 290 g/mol. The maximum atomic E-state index is 5.90. The fourth-order valence-corrected chi connectivity index (χ4v) is 2.54. The molecule has 5 nitrogen and oxygen atoms in total. The Labute approximate surface area is 139 Å². The van der Waals surface area contributed by atoms with Gasteiger partial charge in [-0.25, -0.2) is 0 Å². The molecule has 128 valence electrons. The van der Waals surface area contributed by atoms with Crippen LogP contribution in [0.1, 0.15) is 38.7 Å². The van der Waals surface area contributed by atoms with Gasteiger partial charge in [-0.15, -0.1) is 0 Å². The average molecular weight is 319 g/mol. The molecule has 3 N–H and O–H groups in total. The molecule has 0 bridgehead atoms. The minimum atomic E-state index is 0.549. The van der Waals surface area contributed by atoms with E-state index in [-0.39, 0.29) is 0 Å². The molecule has 2 rings (SSSR count). The van der Waals surface area contributed by atoms with Crippen LogP contribution in [0.15, 0.2) is 23.2 Å². The first-order valence-corrected chi connectivity index (χ1v) is 8.65. The van der Waals surface area contributed by atoms with Gasteiger partial charge in [0.05, 0.1) is 13.2 Å². The number of guanidine groups is 1. The molecule has 23 heavy (non-hydrogen) atoms. The van der Waals surface area contributed by atoms with E-state index in [9.17, 15) is 0 Å². The van der Waals surface area contributed by atoms with Gasteiger partial charge in [0.15, 0.2) is 17.5 Å². The van der Waals surface area contributed by atoms with Crippen molar-refractivity contribution < 1.29 is 9.47 Å². The molecule has 0 aromatic heterocycles. The lowest BCUT2D eigenvalue weighted by Gasteiger charge is -2.23. The molecule has 1 fully saturated rings. The summed E-state index contributed by atoms with van der Waals surface area (Å²) in [7, 11) is 0. The van der Waals surface area contributed by atoms with Crippen molar-refractivity contribution in [3.05, 3.63) is 23.8 Å². The minimum Gasteiger partial charge on any atom is -0.490 e. The highest BCUT2D eigenvalue weighted by molar-refractivity contribution is 5.77. The summed E-state index contributed by atoms with van der Waals surface area (Å²) in [4.78, 5) is 4.40. The Morgan fingerprint density at radius 2 is 1.96 bits per heavy atom. The van der Waals surface area contributed by atoms with E-state index >= 15 is 0 Å². The summed E-state index contributed by atoms with van der Waals surface area (Å²) in [5.74, 6) is 2.90. The van der Waals surface area contributed by atoms with E-state index < -0.39 is 0 Å².